The van der Waals surface area contributed by atoms with Gasteiger partial charge < -0.3 is 9.64 Å². The smallest absolute Gasteiger partial charge is 0.136 e. The third kappa shape index (κ3) is 2.20. The Labute approximate surface area is 124 Å². The third-order valence-corrected chi connectivity index (χ3v) is 4.58. The van der Waals surface area contributed by atoms with Gasteiger partial charge in [-0.25, -0.2) is 4.98 Å². The first kappa shape index (κ1) is 13.5. The number of anilines is 1. The third-order valence-electron chi connectivity index (χ3n) is 4.26. The van der Waals surface area contributed by atoms with Crippen molar-refractivity contribution in [2.45, 2.75) is 19.4 Å². The summed E-state index contributed by atoms with van der Waals surface area (Å²) in [6.45, 7) is 3.28. The van der Waals surface area contributed by atoms with Crippen LogP contribution in [0.3, 0.4) is 0 Å². The summed E-state index contributed by atoms with van der Waals surface area (Å²) in [7, 11) is 1.69. The Balaban J connectivity index is 2.11. The molecule has 1 saturated heterocycles. The summed E-state index contributed by atoms with van der Waals surface area (Å²) in [5, 5.41) is 2.32. The molecule has 4 heteroatoms. The second-order valence-electron chi connectivity index (χ2n) is 5.40. The molecule has 2 atom stereocenters. The molecule has 1 aliphatic heterocycles. The maximum absolute atomic E-state index is 6.16. The van der Waals surface area contributed by atoms with Crippen LogP contribution in [0, 0.1) is 5.92 Å². The van der Waals surface area contributed by atoms with E-state index in [-0.39, 0.29) is 0 Å². The van der Waals surface area contributed by atoms with Crippen LogP contribution in [0.1, 0.15) is 13.3 Å². The molecule has 2 heterocycles. The number of rotatable bonds is 3. The van der Waals surface area contributed by atoms with Gasteiger partial charge in [-0.1, -0.05) is 13.0 Å². The normalized spacial score (nSPS) is 22.4. The number of ether oxygens (including phenoxy) is 1. The number of fused-ring (bicyclic) bond motifs is 1. The lowest BCUT2D eigenvalue weighted by Crippen LogP contribution is -2.34. The summed E-state index contributed by atoms with van der Waals surface area (Å²) in [5.74, 6) is 3.14. The predicted octanol–water partition coefficient (Wildman–Crippen LogP) is 3.70. The average molecular weight is 291 g/mol. The highest BCUT2D eigenvalue weighted by molar-refractivity contribution is 6.18. The molecule has 2 aromatic rings. The largest absolute Gasteiger partial charge is 0.497 e. The molecule has 3 rings (SSSR count). The monoisotopic (exact) mass is 290 g/mol. The molecule has 0 aliphatic carbocycles. The standard InChI is InChI=1S/C16H19ClN2O/c1-11-6-8-19(15(11)10-17)16-14-9-13(20-2)4-3-12(14)5-7-18-16/h3-5,7,9,11,15H,6,8,10H2,1-2H3. The summed E-state index contributed by atoms with van der Waals surface area (Å²) in [6, 6.07) is 8.52. The minimum Gasteiger partial charge on any atom is -0.497 e. The molecule has 0 bridgehead atoms. The zero-order chi connectivity index (χ0) is 14.1. The van der Waals surface area contributed by atoms with Crippen LogP contribution in [0.15, 0.2) is 30.5 Å². The molecule has 106 valence electrons. The number of alkyl halides is 1. The minimum absolute atomic E-state index is 0.362. The van der Waals surface area contributed by atoms with Gasteiger partial charge in [-0.15, -0.1) is 11.6 Å². The van der Waals surface area contributed by atoms with Gasteiger partial charge in [0.2, 0.25) is 0 Å². The first-order valence-corrected chi connectivity index (χ1v) is 7.53. The van der Waals surface area contributed by atoms with Crippen LogP contribution in [0.5, 0.6) is 5.75 Å². The van der Waals surface area contributed by atoms with Gasteiger partial charge in [0.05, 0.1) is 7.11 Å². The first-order valence-electron chi connectivity index (χ1n) is 7.00. The Hall–Kier alpha value is -1.48. The van der Waals surface area contributed by atoms with Gasteiger partial charge in [0.15, 0.2) is 0 Å². The molecule has 0 radical (unpaired) electrons. The maximum atomic E-state index is 6.16. The molecule has 0 amide bonds. The zero-order valence-electron chi connectivity index (χ0n) is 11.8. The van der Waals surface area contributed by atoms with E-state index in [1.54, 1.807) is 7.11 Å². The SMILES string of the molecule is COc1ccc2ccnc(N3CCC(C)C3CCl)c2c1. The van der Waals surface area contributed by atoms with E-state index in [0.717, 1.165) is 23.5 Å². The van der Waals surface area contributed by atoms with Gasteiger partial charge in [0.25, 0.3) is 0 Å². The number of halogens is 1. The molecule has 0 N–H and O–H groups in total. The number of benzene rings is 1. The van der Waals surface area contributed by atoms with E-state index >= 15 is 0 Å². The topological polar surface area (TPSA) is 25.4 Å². The fourth-order valence-corrected chi connectivity index (χ4v) is 3.47. The second-order valence-corrected chi connectivity index (χ2v) is 5.71. The fraction of sp³-hybridized carbons (Fsp3) is 0.438. The van der Waals surface area contributed by atoms with E-state index in [9.17, 15) is 0 Å². The van der Waals surface area contributed by atoms with Crippen molar-refractivity contribution < 1.29 is 4.74 Å². The van der Waals surface area contributed by atoms with Crippen molar-refractivity contribution in [3.63, 3.8) is 0 Å². The van der Waals surface area contributed by atoms with E-state index in [1.807, 2.05) is 18.3 Å². The average Bonchev–Trinajstić information content (AvgIpc) is 2.86. The molecule has 1 aromatic heterocycles. The quantitative estimate of drug-likeness (QED) is 0.806. The van der Waals surface area contributed by atoms with E-state index in [4.69, 9.17) is 16.3 Å². The van der Waals surface area contributed by atoms with Crippen LogP contribution in [-0.2, 0) is 0 Å². The van der Waals surface area contributed by atoms with Crippen molar-refractivity contribution in [3.8, 4) is 5.75 Å². The Morgan fingerprint density at radius 1 is 1.40 bits per heavy atom. The summed E-state index contributed by atoms with van der Waals surface area (Å²) >= 11 is 6.16. The zero-order valence-corrected chi connectivity index (χ0v) is 12.6. The van der Waals surface area contributed by atoms with Crippen LogP contribution in [0.2, 0.25) is 0 Å². The van der Waals surface area contributed by atoms with Crippen LogP contribution in [0.4, 0.5) is 5.82 Å². The second kappa shape index (κ2) is 5.49. The highest BCUT2D eigenvalue weighted by Crippen LogP contribution is 2.34. The molecule has 1 aromatic carbocycles. The summed E-state index contributed by atoms with van der Waals surface area (Å²) in [4.78, 5) is 6.96. The molecular formula is C16H19ClN2O. The summed E-state index contributed by atoms with van der Waals surface area (Å²) in [5.41, 5.74) is 0. The first-order chi connectivity index (χ1) is 9.74. The predicted molar refractivity (Wildman–Crippen MR) is 83.9 cm³/mol. The lowest BCUT2D eigenvalue weighted by Gasteiger charge is -2.27. The van der Waals surface area contributed by atoms with Gasteiger partial charge in [0.1, 0.15) is 11.6 Å². The number of pyridine rings is 1. The van der Waals surface area contributed by atoms with Crippen LogP contribution < -0.4 is 9.64 Å². The van der Waals surface area contributed by atoms with Crippen LogP contribution in [0.25, 0.3) is 10.8 Å². The fourth-order valence-electron chi connectivity index (χ4n) is 2.99. The molecular weight excluding hydrogens is 272 g/mol. The molecule has 1 fully saturated rings. The van der Waals surface area contributed by atoms with Crippen LogP contribution in [-0.4, -0.2) is 30.6 Å². The van der Waals surface area contributed by atoms with Crippen molar-refractivity contribution in [1.29, 1.82) is 0 Å². The van der Waals surface area contributed by atoms with Crippen molar-refractivity contribution in [2.75, 3.05) is 24.4 Å². The Bertz CT molecular complexity index is 616. The number of hydrogen-bond donors (Lipinski definition) is 0. The van der Waals surface area contributed by atoms with Crippen molar-refractivity contribution in [3.05, 3.63) is 30.5 Å². The Kier molecular flexibility index (Phi) is 3.70. The number of aromatic nitrogens is 1. The van der Waals surface area contributed by atoms with E-state index in [0.29, 0.717) is 17.8 Å². The lowest BCUT2D eigenvalue weighted by molar-refractivity contribution is 0.415. The van der Waals surface area contributed by atoms with E-state index in [2.05, 4.69) is 28.9 Å². The summed E-state index contributed by atoms with van der Waals surface area (Å²) < 4.78 is 5.34. The Morgan fingerprint density at radius 3 is 3.00 bits per heavy atom. The van der Waals surface area contributed by atoms with Crippen molar-refractivity contribution in [2.24, 2.45) is 5.92 Å². The molecule has 0 spiro atoms. The number of hydrogen-bond acceptors (Lipinski definition) is 3. The highest BCUT2D eigenvalue weighted by Gasteiger charge is 2.32. The summed E-state index contributed by atoms with van der Waals surface area (Å²) in [6.07, 6.45) is 3.04. The molecule has 20 heavy (non-hydrogen) atoms. The molecule has 3 nitrogen and oxygen atoms in total. The van der Waals surface area contributed by atoms with Crippen LogP contribution >= 0.6 is 11.6 Å². The molecule has 0 saturated carbocycles. The minimum atomic E-state index is 0.362. The maximum Gasteiger partial charge on any atom is 0.136 e. The van der Waals surface area contributed by atoms with Gasteiger partial charge >= 0.3 is 0 Å². The molecule has 1 aliphatic rings. The van der Waals surface area contributed by atoms with E-state index in [1.165, 1.54) is 11.8 Å². The highest BCUT2D eigenvalue weighted by atomic mass is 35.5. The number of methoxy groups -OCH3 is 1. The van der Waals surface area contributed by atoms with Crippen molar-refractivity contribution >= 4 is 28.2 Å². The van der Waals surface area contributed by atoms with Gasteiger partial charge in [0, 0.05) is 30.0 Å². The van der Waals surface area contributed by atoms with Gasteiger partial charge in [-0.2, -0.15) is 0 Å². The number of nitrogens with zero attached hydrogens (tertiary/aromatic N) is 2. The van der Waals surface area contributed by atoms with Gasteiger partial charge in [-0.05, 0) is 35.9 Å². The Morgan fingerprint density at radius 2 is 2.25 bits per heavy atom. The lowest BCUT2D eigenvalue weighted by atomic mass is 10.0. The van der Waals surface area contributed by atoms with Crippen molar-refractivity contribution in [1.82, 2.24) is 4.98 Å². The molecule has 2 unspecified atom stereocenters. The van der Waals surface area contributed by atoms with Gasteiger partial charge in [-0.3, -0.25) is 0 Å². The van der Waals surface area contributed by atoms with E-state index < -0.39 is 0 Å².